The number of hydrogen-bond donors (Lipinski definition) is 2. The average Bonchev–Trinajstić information content (AvgIpc) is 2.87. The number of fused-ring (bicyclic) bond motifs is 1. The van der Waals surface area contributed by atoms with E-state index in [1.807, 2.05) is 18.2 Å². The summed E-state index contributed by atoms with van der Waals surface area (Å²) in [4.78, 5) is 26.1. The first kappa shape index (κ1) is 24.9. The molecule has 1 aliphatic rings. The summed E-state index contributed by atoms with van der Waals surface area (Å²) in [6.07, 6.45) is 2.43. The van der Waals surface area contributed by atoms with Crippen LogP contribution in [0.3, 0.4) is 0 Å². The van der Waals surface area contributed by atoms with Gasteiger partial charge in [0.1, 0.15) is 5.75 Å². The second-order valence-corrected chi connectivity index (χ2v) is 9.24. The third-order valence-corrected chi connectivity index (χ3v) is 6.04. The van der Waals surface area contributed by atoms with Crippen LogP contribution in [-0.4, -0.2) is 38.6 Å². The first-order chi connectivity index (χ1) is 17.2. The van der Waals surface area contributed by atoms with Crippen molar-refractivity contribution in [2.45, 2.75) is 25.8 Å². The highest BCUT2D eigenvalue weighted by Crippen LogP contribution is 2.33. The molecule has 186 valence electrons. The third kappa shape index (κ3) is 5.35. The summed E-state index contributed by atoms with van der Waals surface area (Å²) in [6.45, 7) is 4.20. The predicted octanol–water partition coefficient (Wildman–Crippen LogP) is 5.11. The molecule has 0 saturated heterocycles. The summed E-state index contributed by atoms with van der Waals surface area (Å²) in [5.74, 6) is 1.23. The van der Waals surface area contributed by atoms with Crippen molar-refractivity contribution in [2.24, 2.45) is 0 Å². The monoisotopic (exact) mass is 486 g/mol. The zero-order valence-electron chi connectivity index (χ0n) is 21.1. The fraction of sp³-hybridized carbons (Fsp3) is 0.241. The number of carbonyl (C=O) groups excluding carboxylic acids is 2. The number of ketones is 1. The van der Waals surface area contributed by atoms with Gasteiger partial charge >= 0.3 is 0 Å². The van der Waals surface area contributed by atoms with Crippen molar-refractivity contribution < 1.29 is 23.8 Å². The normalized spacial score (nSPS) is 14.9. The van der Waals surface area contributed by atoms with Gasteiger partial charge in [-0.05, 0) is 68.3 Å². The highest BCUT2D eigenvalue weighted by molar-refractivity contribution is 6.10. The molecule has 0 radical (unpaired) electrons. The van der Waals surface area contributed by atoms with Crippen LogP contribution in [0.2, 0.25) is 0 Å². The molecule has 0 spiro atoms. The van der Waals surface area contributed by atoms with Gasteiger partial charge in [0.25, 0.3) is 5.91 Å². The lowest BCUT2D eigenvalue weighted by molar-refractivity contribution is 0.102. The molecule has 0 aliphatic carbocycles. The fourth-order valence-electron chi connectivity index (χ4n) is 4.30. The maximum atomic E-state index is 13.3. The first-order valence-electron chi connectivity index (χ1n) is 11.6. The summed E-state index contributed by atoms with van der Waals surface area (Å²) in [5.41, 5.74) is 4.01. The Morgan fingerprint density at radius 1 is 0.889 bits per heavy atom. The molecule has 7 nitrogen and oxygen atoms in total. The van der Waals surface area contributed by atoms with Crippen LogP contribution in [0.15, 0.2) is 66.7 Å². The van der Waals surface area contributed by atoms with Crippen molar-refractivity contribution in [3.05, 3.63) is 89.0 Å². The van der Waals surface area contributed by atoms with Crippen molar-refractivity contribution in [3.63, 3.8) is 0 Å². The topological polar surface area (TPSA) is 85.9 Å². The standard InChI is InChI=1S/C29H30N2O5/c1-29(2)17-20-9-11-22(34-3)15-23(20)24(31-29)16-25(32)18-7-6-8-21(13-18)30-28(33)19-10-12-26(35-4)27(14-19)36-5/h6-16,31H,17H2,1-5H3,(H,30,33). The van der Waals surface area contributed by atoms with E-state index in [0.29, 0.717) is 28.3 Å². The molecule has 0 atom stereocenters. The van der Waals surface area contributed by atoms with E-state index in [9.17, 15) is 9.59 Å². The number of nitrogens with one attached hydrogen (secondary N) is 2. The Morgan fingerprint density at radius 2 is 1.67 bits per heavy atom. The highest BCUT2D eigenvalue weighted by Gasteiger charge is 2.28. The minimum Gasteiger partial charge on any atom is -0.497 e. The van der Waals surface area contributed by atoms with E-state index in [1.165, 1.54) is 14.2 Å². The van der Waals surface area contributed by atoms with Gasteiger partial charge in [0, 0.05) is 39.7 Å². The highest BCUT2D eigenvalue weighted by atomic mass is 16.5. The van der Waals surface area contributed by atoms with Gasteiger partial charge in [0.2, 0.25) is 0 Å². The van der Waals surface area contributed by atoms with Crippen LogP contribution in [0.1, 0.15) is 45.7 Å². The number of methoxy groups -OCH3 is 3. The second-order valence-electron chi connectivity index (χ2n) is 9.24. The van der Waals surface area contributed by atoms with Crippen molar-refractivity contribution in [1.82, 2.24) is 5.32 Å². The van der Waals surface area contributed by atoms with Crippen LogP contribution in [0.25, 0.3) is 5.70 Å². The van der Waals surface area contributed by atoms with Crippen LogP contribution in [-0.2, 0) is 6.42 Å². The molecule has 36 heavy (non-hydrogen) atoms. The van der Waals surface area contributed by atoms with Crippen molar-refractivity contribution in [1.29, 1.82) is 0 Å². The number of hydrogen-bond acceptors (Lipinski definition) is 6. The number of amides is 1. The van der Waals surface area contributed by atoms with Crippen molar-refractivity contribution >= 4 is 23.1 Å². The van der Waals surface area contributed by atoms with Gasteiger partial charge in [-0.2, -0.15) is 0 Å². The molecular formula is C29H30N2O5. The molecule has 3 aromatic rings. The number of allylic oxidation sites excluding steroid dienone is 1. The summed E-state index contributed by atoms with van der Waals surface area (Å²) in [6, 6.07) is 17.7. The van der Waals surface area contributed by atoms with Gasteiger partial charge < -0.3 is 24.8 Å². The third-order valence-electron chi connectivity index (χ3n) is 6.04. The molecule has 4 rings (SSSR count). The number of benzene rings is 3. The molecule has 0 unspecified atom stereocenters. The van der Waals surface area contributed by atoms with Crippen molar-refractivity contribution in [3.8, 4) is 17.2 Å². The van der Waals surface area contributed by atoms with Crippen LogP contribution >= 0.6 is 0 Å². The molecule has 0 aromatic heterocycles. The Balaban J connectivity index is 1.58. The Bertz CT molecular complexity index is 1340. The largest absolute Gasteiger partial charge is 0.497 e. The minimum absolute atomic E-state index is 0.175. The van der Waals surface area contributed by atoms with E-state index in [0.717, 1.165) is 29.0 Å². The molecular weight excluding hydrogens is 456 g/mol. The molecule has 0 saturated carbocycles. The number of carbonyl (C=O) groups is 2. The molecule has 7 heteroatoms. The van der Waals surface area contributed by atoms with Crippen LogP contribution in [0.4, 0.5) is 5.69 Å². The number of anilines is 1. The zero-order valence-corrected chi connectivity index (χ0v) is 21.1. The van der Waals surface area contributed by atoms with Gasteiger partial charge in [0.15, 0.2) is 17.3 Å². The van der Waals surface area contributed by atoms with Crippen molar-refractivity contribution in [2.75, 3.05) is 26.6 Å². The van der Waals surface area contributed by atoms with E-state index >= 15 is 0 Å². The van der Waals surface area contributed by atoms with Gasteiger partial charge in [-0.15, -0.1) is 0 Å². The quantitative estimate of drug-likeness (QED) is 0.356. The van der Waals surface area contributed by atoms with Gasteiger partial charge in [0.05, 0.1) is 21.3 Å². The lowest BCUT2D eigenvalue weighted by atomic mass is 9.85. The van der Waals surface area contributed by atoms with Gasteiger partial charge in [-0.3, -0.25) is 9.59 Å². The Morgan fingerprint density at radius 3 is 2.39 bits per heavy atom. The molecule has 1 heterocycles. The van der Waals surface area contributed by atoms with Crippen LogP contribution in [0.5, 0.6) is 17.2 Å². The second kappa shape index (κ2) is 10.2. The lowest BCUT2D eigenvalue weighted by Gasteiger charge is -2.35. The van der Waals surface area contributed by atoms with E-state index in [2.05, 4.69) is 24.5 Å². The summed E-state index contributed by atoms with van der Waals surface area (Å²) < 4.78 is 15.9. The summed E-state index contributed by atoms with van der Waals surface area (Å²) in [7, 11) is 4.67. The van der Waals surface area contributed by atoms with E-state index < -0.39 is 0 Å². The fourth-order valence-corrected chi connectivity index (χ4v) is 4.30. The zero-order chi connectivity index (χ0) is 25.9. The number of rotatable bonds is 7. The Labute approximate surface area is 211 Å². The van der Waals surface area contributed by atoms with E-state index in [4.69, 9.17) is 14.2 Å². The molecule has 1 aliphatic heterocycles. The Kier molecular flexibility index (Phi) is 7.01. The van der Waals surface area contributed by atoms with Gasteiger partial charge in [-0.25, -0.2) is 0 Å². The SMILES string of the molecule is COc1ccc2c(c1)C(=CC(=O)c1cccc(NC(=O)c3ccc(OC)c(OC)c3)c1)NC(C)(C)C2. The van der Waals surface area contributed by atoms with Crippen LogP contribution < -0.4 is 24.8 Å². The van der Waals surface area contributed by atoms with E-state index in [1.54, 1.807) is 55.7 Å². The molecule has 2 N–H and O–H groups in total. The van der Waals surface area contributed by atoms with Crippen LogP contribution in [0, 0.1) is 0 Å². The molecule has 0 fully saturated rings. The molecule has 1 amide bonds. The number of ether oxygens (including phenoxy) is 3. The Hall–Kier alpha value is -4.26. The lowest BCUT2D eigenvalue weighted by Crippen LogP contribution is -2.43. The predicted molar refractivity (Wildman–Crippen MR) is 140 cm³/mol. The average molecular weight is 487 g/mol. The first-order valence-corrected chi connectivity index (χ1v) is 11.6. The minimum atomic E-state index is -0.323. The maximum absolute atomic E-state index is 13.3. The maximum Gasteiger partial charge on any atom is 0.255 e. The molecule has 0 bridgehead atoms. The molecule has 3 aromatic carbocycles. The van der Waals surface area contributed by atoms with Gasteiger partial charge in [-0.1, -0.05) is 18.2 Å². The smallest absolute Gasteiger partial charge is 0.255 e. The summed E-state index contributed by atoms with van der Waals surface area (Å²) in [5, 5.41) is 6.33. The summed E-state index contributed by atoms with van der Waals surface area (Å²) >= 11 is 0. The van der Waals surface area contributed by atoms with E-state index in [-0.39, 0.29) is 17.2 Å².